The van der Waals surface area contributed by atoms with Crippen molar-refractivity contribution in [1.29, 1.82) is 0 Å². The summed E-state index contributed by atoms with van der Waals surface area (Å²) >= 11 is 0. The van der Waals surface area contributed by atoms with E-state index in [0.29, 0.717) is 6.54 Å². The maximum absolute atomic E-state index is 11.7. The predicted octanol–water partition coefficient (Wildman–Crippen LogP) is 1.27. The van der Waals surface area contributed by atoms with Gasteiger partial charge in [0.25, 0.3) is 0 Å². The molecule has 102 valence electrons. The van der Waals surface area contributed by atoms with Gasteiger partial charge in [0, 0.05) is 13.2 Å². The summed E-state index contributed by atoms with van der Waals surface area (Å²) in [6, 6.07) is -0.411. The van der Waals surface area contributed by atoms with Crippen molar-refractivity contribution in [3.63, 3.8) is 0 Å². The van der Waals surface area contributed by atoms with Crippen molar-refractivity contribution in [2.24, 2.45) is 17.1 Å². The van der Waals surface area contributed by atoms with Gasteiger partial charge in [-0.2, -0.15) is 0 Å². The number of aliphatic hydroxyl groups is 1. The van der Waals surface area contributed by atoms with Gasteiger partial charge in [-0.25, -0.2) is 0 Å². The van der Waals surface area contributed by atoms with Crippen LogP contribution in [0.4, 0.5) is 0 Å². The Morgan fingerprint density at radius 3 is 2.53 bits per heavy atom. The highest BCUT2D eigenvalue weighted by molar-refractivity contribution is 5.81. The van der Waals surface area contributed by atoms with E-state index < -0.39 is 6.04 Å². The number of hydrogen-bond acceptors (Lipinski definition) is 3. The van der Waals surface area contributed by atoms with Crippen molar-refractivity contribution in [3.8, 4) is 0 Å². The van der Waals surface area contributed by atoms with Crippen LogP contribution in [0.2, 0.25) is 0 Å². The normalized spacial score (nSPS) is 15.4. The first-order chi connectivity index (χ1) is 7.84. The van der Waals surface area contributed by atoms with Crippen LogP contribution in [0.1, 0.15) is 47.0 Å². The zero-order chi connectivity index (χ0) is 13.5. The molecule has 0 saturated heterocycles. The highest BCUT2D eigenvalue weighted by Crippen LogP contribution is 2.20. The van der Waals surface area contributed by atoms with Gasteiger partial charge in [-0.3, -0.25) is 4.79 Å². The molecule has 0 fully saturated rings. The number of nitrogens with one attached hydrogen (secondary N) is 1. The number of carbonyl (C=O) groups excluding carboxylic acids is 1. The molecular weight excluding hydrogens is 216 g/mol. The Morgan fingerprint density at radius 2 is 2.06 bits per heavy atom. The smallest absolute Gasteiger partial charge is 0.237 e. The van der Waals surface area contributed by atoms with Gasteiger partial charge in [-0.1, -0.05) is 34.1 Å². The molecule has 0 aliphatic rings. The Kier molecular flexibility index (Phi) is 7.39. The lowest BCUT2D eigenvalue weighted by Gasteiger charge is -2.22. The summed E-state index contributed by atoms with van der Waals surface area (Å²) in [6.07, 6.45) is 2.67. The van der Waals surface area contributed by atoms with Gasteiger partial charge in [0.05, 0.1) is 6.04 Å². The number of nitrogens with two attached hydrogens (primary N) is 1. The largest absolute Gasteiger partial charge is 0.396 e. The summed E-state index contributed by atoms with van der Waals surface area (Å²) in [5, 5.41) is 11.9. The van der Waals surface area contributed by atoms with Gasteiger partial charge in [0.1, 0.15) is 0 Å². The van der Waals surface area contributed by atoms with Crippen LogP contribution in [-0.2, 0) is 4.79 Å². The van der Waals surface area contributed by atoms with Crippen molar-refractivity contribution in [1.82, 2.24) is 5.32 Å². The van der Waals surface area contributed by atoms with Gasteiger partial charge >= 0.3 is 0 Å². The molecule has 0 aromatic carbocycles. The second kappa shape index (κ2) is 7.67. The van der Waals surface area contributed by atoms with Gasteiger partial charge in [0.2, 0.25) is 5.91 Å². The van der Waals surface area contributed by atoms with E-state index in [9.17, 15) is 4.79 Å². The summed E-state index contributed by atoms with van der Waals surface area (Å²) < 4.78 is 0. The Hall–Kier alpha value is -0.610. The molecule has 0 aliphatic heterocycles. The maximum atomic E-state index is 11.7. The van der Waals surface area contributed by atoms with E-state index in [4.69, 9.17) is 10.8 Å². The Balaban J connectivity index is 3.79. The zero-order valence-electron chi connectivity index (χ0n) is 11.6. The fourth-order valence-electron chi connectivity index (χ4n) is 1.49. The average molecular weight is 244 g/mol. The second-order valence-electron chi connectivity index (χ2n) is 5.63. The standard InChI is InChI=1S/C13H28N2O2/c1-5-10(2)11(14)12(17)15-8-6-7-13(3,4)9-16/h10-11,16H,5-9,14H2,1-4H3,(H,15,17). The minimum absolute atomic E-state index is 0.0659. The molecule has 1 amide bonds. The lowest BCUT2D eigenvalue weighted by molar-refractivity contribution is -0.123. The molecule has 4 nitrogen and oxygen atoms in total. The van der Waals surface area contributed by atoms with Gasteiger partial charge in [0.15, 0.2) is 0 Å². The van der Waals surface area contributed by atoms with E-state index in [-0.39, 0.29) is 23.8 Å². The Labute approximate surface area is 105 Å². The van der Waals surface area contributed by atoms with E-state index in [1.54, 1.807) is 0 Å². The highest BCUT2D eigenvalue weighted by Gasteiger charge is 2.19. The molecule has 0 spiro atoms. The van der Waals surface area contributed by atoms with E-state index in [0.717, 1.165) is 19.3 Å². The molecular formula is C13H28N2O2. The highest BCUT2D eigenvalue weighted by atomic mass is 16.3. The summed E-state index contributed by atoms with van der Waals surface area (Å²) in [5.41, 5.74) is 5.75. The van der Waals surface area contributed by atoms with Crippen LogP contribution in [-0.4, -0.2) is 30.2 Å². The molecule has 0 radical (unpaired) electrons. The predicted molar refractivity (Wildman–Crippen MR) is 70.5 cm³/mol. The monoisotopic (exact) mass is 244 g/mol. The van der Waals surface area contributed by atoms with Crippen molar-refractivity contribution in [2.45, 2.75) is 53.0 Å². The fraction of sp³-hybridized carbons (Fsp3) is 0.923. The molecule has 17 heavy (non-hydrogen) atoms. The molecule has 0 aromatic heterocycles. The molecule has 2 atom stereocenters. The van der Waals surface area contributed by atoms with Crippen molar-refractivity contribution in [2.75, 3.05) is 13.2 Å². The third kappa shape index (κ3) is 6.64. The zero-order valence-corrected chi connectivity index (χ0v) is 11.6. The van der Waals surface area contributed by atoms with Gasteiger partial charge in [-0.05, 0) is 24.2 Å². The van der Waals surface area contributed by atoms with E-state index in [2.05, 4.69) is 5.32 Å². The van der Waals surface area contributed by atoms with Crippen LogP contribution in [0, 0.1) is 11.3 Å². The summed E-state index contributed by atoms with van der Waals surface area (Å²) in [5.74, 6) is 0.144. The van der Waals surface area contributed by atoms with Gasteiger partial charge in [-0.15, -0.1) is 0 Å². The summed E-state index contributed by atoms with van der Waals surface area (Å²) in [4.78, 5) is 11.7. The van der Waals surface area contributed by atoms with Crippen LogP contribution in [0.25, 0.3) is 0 Å². The topological polar surface area (TPSA) is 75.4 Å². The number of rotatable bonds is 8. The molecule has 4 N–H and O–H groups in total. The molecule has 2 unspecified atom stereocenters. The number of aliphatic hydroxyl groups excluding tert-OH is 1. The Bertz CT molecular complexity index is 229. The molecule has 0 bridgehead atoms. The number of carbonyl (C=O) groups is 1. The number of hydrogen-bond donors (Lipinski definition) is 3. The number of amides is 1. The van der Waals surface area contributed by atoms with E-state index in [1.165, 1.54) is 0 Å². The van der Waals surface area contributed by atoms with Crippen LogP contribution in [0.15, 0.2) is 0 Å². The summed E-state index contributed by atoms with van der Waals surface area (Å²) in [6.45, 7) is 8.85. The van der Waals surface area contributed by atoms with Crippen LogP contribution in [0.3, 0.4) is 0 Å². The Morgan fingerprint density at radius 1 is 1.47 bits per heavy atom. The van der Waals surface area contributed by atoms with Gasteiger partial charge < -0.3 is 16.2 Å². The quantitative estimate of drug-likeness (QED) is 0.563. The minimum Gasteiger partial charge on any atom is -0.396 e. The van der Waals surface area contributed by atoms with Crippen LogP contribution < -0.4 is 11.1 Å². The second-order valence-corrected chi connectivity index (χ2v) is 5.63. The lowest BCUT2D eigenvalue weighted by atomic mass is 9.89. The SMILES string of the molecule is CCC(C)C(N)C(=O)NCCCC(C)(C)CO. The van der Waals surface area contributed by atoms with E-state index >= 15 is 0 Å². The molecule has 0 saturated carbocycles. The van der Waals surface area contributed by atoms with Crippen LogP contribution >= 0.6 is 0 Å². The van der Waals surface area contributed by atoms with Crippen molar-refractivity contribution < 1.29 is 9.90 Å². The summed E-state index contributed by atoms with van der Waals surface area (Å²) in [7, 11) is 0. The molecule has 0 rings (SSSR count). The average Bonchev–Trinajstić information content (AvgIpc) is 2.32. The minimum atomic E-state index is -0.411. The fourth-order valence-corrected chi connectivity index (χ4v) is 1.49. The maximum Gasteiger partial charge on any atom is 0.237 e. The van der Waals surface area contributed by atoms with Crippen molar-refractivity contribution in [3.05, 3.63) is 0 Å². The van der Waals surface area contributed by atoms with Crippen LogP contribution in [0.5, 0.6) is 0 Å². The molecule has 4 heteroatoms. The lowest BCUT2D eigenvalue weighted by Crippen LogP contribution is -2.44. The molecule has 0 aliphatic carbocycles. The van der Waals surface area contributed by atoms with E-state index in [1.807, 2.05) is 27.7 Å². The van der Waals surface area contributed by atoms with Crippen molar-refractivity contribution >= 4 is 5.91 Å². The first-order valence-corrected chi connectivity index (χ1v) is 6.48. The molecule has 0 heterocycles. The third-order valence-corrected chi connectivity index (χ3v) is 3.32. The molecule has 0 aromatic rings. The first kappa shape index (κ1) is 16.4. The third-order valence-electron chi connectivity index (χ3n) is 3.32. The first-order valence-electron chi connectivity index (χ1n) is 6.48.